The quantitative estimate of drug-likeness (QED) is 0.261. The second-order valence-corrected chi connectivity index (χ2v) is 13.4. The molecular weight excluding hydrogens is 587 g/mol. The van der Waals surface area contributed by atoms with Crippen LogP contribution >= 0.6 is 11.3 Å². The summed E-state index contributed by atoms with van der Waals surface area (Å²) in [6.07, 6.45) is -4.11. The van der Waals surface area contributed by atoms with Crippen LogP contribution in [-0.4, -0.2) is 56.3 Å². The second kappa shape index (κ2) is 12.7. The minimum atomic E-state index is -4.03. The van der Waals surface area contributed by atoms with E-state index in [1.165, 1.54) is 12.1 Å². The highest BCUT2D eigenvalue weighted by molar-refractivity contribution is 7.91. The highest BCUT2D eigenvalue weighted by atomic mass is 32.2. The summed E-state index contributed by atoms with van der Waals surface area (Å²) in [4.78, 5) is 38.2. The number of hydrogen-bond donors (Lipinski definition) is 0. The van der Waals surface area contributed by atoms with E-state index < -0.39 is 57.6 Å². The van der Waals surface area contributed by atoms with Crippen LogP contribution in [0.1, 0.15) is 48.4 Å². The van der Waals surface area contributed by atoms with Crippen LogP contribution in [0.15, 0.2) is 54.6 Å². The maximum absolute atomic E-state index is 13.4. The predicted molar refractivity (Wildman–Crippen MR) is 153 cm³/mol. The summed E-state index contributed by atoms with van der Waals surface area (Å²) < 4.78 is 61.3. The van der Waals surface area contributed by atoms with E-state index in [4.69, 9.17) is 18.9 Å². The van der Waals surface area contributed by atoms with Gasteiger partial charge < -0.3 is 18.9 Å². The molecule has 1 aliphatic heterocycles. The molecule has 0 saturated carbocycles. The summed E-state index contributed by atoms with van der Waals surface area (Å²) >= 11 is 1.55. The van der Waals surface area contributed by atoms with Crippen LogP contribution in [0.2, 0.25) is 0 Å². The summed E-state index contributed by atoms with van der Waals surface area (Å²) in [6.45, 7) is 5.27. The Morgan fingerprint density at radius 1 is 0.857 bits per heavy atom. The molecule has 1 fully saturated rings. The summed E-state index contributed by atoms with van der Waals surface area (Å²) in [7, 11) is -4.03. The Hall–Kier alpha value is -3.61. The lowest BCUT2D eigenvalue weighted by atomic mass is 9.91. The molecule has 1 saturated heterocycles. The first-order valence-corrected chi connectivity index (χ1v) is 15.8. The van der Waals surface area contributed by atoms with Gasteiger partial charge in [0.05, 0.1) is 0 Å². The molecule has 0 bridgehead atoms. The van der Waals surface area contributed by atoms with Crippen LogP contribution in [0, 0.1) is 12.7 Å². The summed E-state index contributed by atoms with van der Waals surface area (Å²) in [5, 5.41) is 0. The van der Waals surface area contributed by atoms with Gasteiger partial charge in [0, 0.05) is 43.2 Å². The standard InChI is InChI=1S/C30H31FO9S2/c1-16-6-7-21(14-22(16)15-24-12-13-25(41-24)20-8-10-23(31)11-9-20)26-27(37-17(2)32)28(38-18(3)33)29(39-19(4)34)30(40-26)42(5,35)36/h6-14,26-30H,15H2,1-5H3. The Bertz CT molecular complexity index is 1580. The maximum atomic E-state index is 13.4. The average molecular weight is 619 g/mol. The van der Waals surface area contributed by atoms with Crippen molar-refractivity contribution >= 4 is 39.1 Å². The first-order valence-electron chi connectivity index (χ1n) is 13.0. The summed E-state index contributed by atoms with van der Waals surface area (Å²) in [5.41, 5.74) is 1.51. The molecule has 3 aromatic rings. The van der Waals surface area contributed by atoms with Crippen LogP contribution in [0.3, 0.4) is 0 Å². The van der Waals surface area contributed by atoms with Crippen molar-refractivity contribution in [3.63, 3.8) is 0 Å². The highest BCUT2D eigenvalue weighted by Gasteiger charge is 2.55. The molecule has 0 spiro atoms. The fraction of sp³-hybridized carbons (Fsp3) is 0.367. The van der Waals surface area contributed by atoms with Crippen LogP contribution in [0.5, 0.6) is 0 Å². The van der Waals surface area contributed by atoms with Crippen molar-refractivity contribution in [3.05, 3.63) is 82.0 Å². The number of rotatable bonds is 8. The number of carbonyl (C=O) groups excluding carboxylic acids is 3. The molecule has 0 radical (unpaired) electrons. The number of hydrogen-bond acceptors (Lipinski definition) is 10. The number of thiophene rings is 1. The van der Waals surface area contributed by atoms with Gasteiger partial charge in [-0.25, -0.2) is 12.8 Å². The van der Waals surface area contributed by atoms with Crippen molar-refractivity contribution in [1.29, 1.82) is 0 Å². The molecule has 5 atom stereocenters. The molecule has 0 amide bonds. The van der Waals surface area contributed by atoms with E-state index in [0.717, 1.165) is 53.5 Å². The van der Waals surface area contributed by atoms with Crippen LogP contribution in [0.4, 0.5) is 4.39 Å². The monoisotopic (exact) mass is 618 g/mol. The molecule has 42 heavy (non-hydrogen) atoms. The molecule has 0 N–H and O–H groups in total. The SMILES string of the molecule is CC(=O)OC1C(c2ccc(C)c(Cc3ccc(-c4ccc(F)cc4)s3)c2)OC(S(C)(=O)=O)C(OC(C)=O)C1OC(C)=O. The van der Waals surface area contributed by atoms with Crippen molar-refractivity contribution < 1.29 is 46.1 Å². The van der Waals surface area contributed by atoms with Crippen molar-refractivity contribution in [3.8, 4) is 10.4 Å². The van der Waals surface area contributed by atoms with E-state index in [0.29, 0.717) is 12.0 Å². The Morgan fingerprint density at radius 2 is 1.45 bits per heavy atom. The molecule has 4 rings (SSSR count). The Morgan fingerprint density at radius 3 is 2.05 bits per heavy atom. The number of ether oxygens (including phenoxy) is 4. The Balaban J connectivity index is 1.73. The summed E-state index contributed by atoms with van der Waals surface area (Å²) in [5.74, 6) is -2.66. The molecule has 224 valence electrons. The number of aryl methyl sites for hydroxylation is 1. The molecule has 9 nitrogen and oxygen atoms in total. The number of halogens is 1. The van der Waals surface area contributed by atoms with Crippen molar-refractivity contribution in [2.75, 3.05) is 6.26 Å². The zero-order valence-electron chi connectivity index (χ0n) is 23.7. The molecule has 5 unspecified atom stereocenters. The van der Waals surface area contributed by atoms with Gasteiger partial charge in [-0.2, -0.15) is 0 Å². The van der Waals surface area contributed by atoms with Gasteiger partial charge in [0.1, 0.15) is 11.9 Å². The van der Waals surface area contributed by atoms with Gasteiger partial charge in [-0.15, -0.1) is 11.3 Å². The predicted octanol–water partition coefficient (Wildman–Crippen LogP) is 4.69. The van der Waals surface area contributed by atoms with E-state index in [1.54, 1.807) is 29.5 Å². The lowest BCUT2D eigenvalue weighted by Crippen LogP contribution is -2.60. The number of sulfone groups is 1. The topological polar surface area (TPSA) is 122 Å². The van der Waals surface area contributed by atoms with Crippen LogP contribution in [0.25, 0.3) is 10.4 Å². The number of carbonyl (C=O) groups is 3. The number of benzene rings is 2. The van der Waals surface area contributed by atoms with Gasteiger partial charge in [-0.1, -0.05) is 30.3 Å². The van der Waals surface area contributed by atoms with Gasteiger partial charge in [0.25, 0.3) is 0 Å². The molecule has 0 aliphatic carbocycles. The lowest BCUT2D eigenvalue weighted by molar-refractivity contribution is -0.234. The fourth-order valence-electron chi connectivity index (χ4n) is 4.88. The van der Waals surface area contributed by atoms with Gasteiger partial charge in [-0.3, -0.25) is 14.4 Å². The third-order valence-electron chi connectivity index (χ3n) is 6.68. The molecule has 2 heterocycles. The Labute approximate surface area is 247 Å². The zero-order valence-corrected chi connectivity index (χ0v) is 25.3. The van der Waals surface area contributed by atoms with Crippen LogP contribution in [-0.2, 0) is 49.6 Å². The minimum Gasteiger partial charge on any atom is -0.455 e. The fourth-order valence-corrected chi connectivity index (χ4v) is 6.93. The van der Waals surface area contributed by atoms with Crippen molar-refractivity contribution in [2.45, 2.75) is 64.0 Å². The molecular formula is C30H31FO9S2. The van der Waals surface area contributed by atoms with E-state index in [2.05, 4.69) is 0 Å². The molecule has 2 aromatic carbocycles. The largest absolute Gasteiger partial charge is 0.455 e. The molecule has 1 aromatic heterocycles. The van der Waals surface area contributed by atoms with Gasteiger partial charge in [0.15, 0.2) is 33.6 Å². The smallest absolute Gasteiger partial charge is 0.303 e. The second-order valence-electron chi connectivity index (χ2n) is 10.1. The van der Waals surface area contributed by atoms with E-state index in [9.17, 15) is 27.2 Å². The first kappa shape index (κ1) is 31.3. The van der Waals surface area contributed by atoms with Crippen LogP contribution < -0.4 is 0 Å². The number of esters is 3. The van der Waals surface area contributed by atoms with E-state index >= 15 is 0 Å². The Kier molecular flexibility index (Phi) is 9.49. The maximum Gasteiger partial charge on any atom is 0.303 e. The third-order valence-corrected chi connectivity index (χ3v) is 9.04. The van der Waals surface area contributed by atoms with Gasteiger partial charge in [-0.05, 0) is 53.4 Å². The molecule has 1 aliphatic rings. The third kappa shape index (κ3) is 7.42. The highest BCUT2D eigenvalue weighted by Crippen LogP contribution is 2.40. The van der Waals surface area contributed by atoms with Crippen molar-refractivity contribution in [2.24, 2.45) is 0 Å². The lowest BCUT2D eigenvalue weighted by Gasteiger charge is -2.44. The summed E-state index contributed by atoms with van der Waals surface area (Å²) in [6, 6.07) is 15.6. The molecule has 12 heteroatoms. The van der Waals surface area contributed by atoms with E-state index in [-0.39, 0.29) is 5.82 Å². The van der Waals surface area contributed by atoms with E-state index in [1.807, 2.05) is 31.2 Å². The van der Waals surface area contributed by atoms with Crippen molar-refractivity contribution in [1.82, 2.24) is 0 Å². The minimum absolute atomic E-state index is 0.312. The average Bonchev–Trinajstić information content (AvgIpc) is 3.35. The van der Waals surface area contributed by atoms with Gasteiger partial charge >= 0.3 is 17.9 Å². The normalized spacial score (nSPS) is 22.3. The first-order chi connectivity index (χ1) is 19.7. The van der Waals surface area contributed by atoms with Gasteiger partial charge in [0.2, 0.25) is 0 Å². The zero-order chi connectivity index (χ0) is 30.8.